The van der Waals surface area contributed by atoms with Crippen molar-refractivity contribution in [1.82, 2.24) is 4.98 Å². The highest BCUT2D eigenvalue weighted by atomic mass is 16.3. The van der Waals surface area contributed by atoms with Crippen LogP contribution >= 0.6 is 0 Å². The molecule has 0 saturated heterocycles. The van der Waals surface area contributed by atoms with Crippen LogP contribution in [0.3, 0.4) is 0 Å². The van der Waals surface area contributed by atoms with Gasteiger partial charge in [-0.1, -0.05) is 43.5 Å². The van der Waals surface area contributed by atoms with E-state index in [2.05, 4.69) is 4.98 Å². The fourth-order valence-electron chi connectivity index (χ4n) is 2.95. The monoisotopic (exact) mass is 269 g/mol. The second-order valence-electron chi connectivity index (χ2n) is 5.69. The first kappa shape index (κ1) is 13.3. The van der Waals surface area contributed by atoms with Gasteiger partial charge in [-0.15, -0.1) is 0 Å². The number of para-hydroxylation sites is 1. The maximum Gasteiger partial charge on any atom is 0.170 e. The Bertz CT molecular complexity index is 630. The Hall–Kier alpha value is -1.74. The first-order valence-electron chi connectivity index (χ1n) is 7.28. The Kier molecular flexibility index (Phi) is 3.53. The molecule has 0 spiro atoms. The van der Waals surface area contributed by atoms with Gasteiger partial charge in [0.25, 0.3) is 0 Å². The van der Waals surface area contributed by atoms with E-state index in [1.54, 1.807) is 0 Å². The number of aliphatic hydroxyl groups is 1. The van der Waals surface area contributed by atoms with Gasteiger partial charge in [-0.25, -0.2) is 0 Å². The summed E-state index contributed by atoms with van der Waals surface area (Å²) in [4.78, 5) is 16.8. The maximum atomic E-state index is 12.3. The highest BCUT2D eigenvalue weighted by Crippen LogP contribution is 2.29. The molecule has 0 atom stereocenters. The van der Waals surface area contributed by atoms with Crippen LogP contribution in [0.1, 0.15) is 37.8 Å². The number of pyridine rings is 1. The Balaban J connectivity index is 1.80. The molecule has 0 aliphatic heterocycles. The minimum absolute atomic E-state index is 0.0834. The van der Waals surface area contributed by atoms with Crippen LogP contribution in [0.4, 0.5) is 0 Å². The molecule has 1 aromatic heterocycles. The summed E-state index contributed by atoms with van der Waals surface area (Å²) in [5.41, 5.74) is 0.520. The fraction of sp³-hybridized carbons (Fsp3) is 0.412. The van der Waals surface area contributed by atoms with E-state index < -0.39 is 5.60 Å². The lowest BCUT2D eigenvalue weighted by Crippen LogP contribution is -2.41. The number of benzene rings is 1. The van der Waals surface area contributed by atoms with E-state index >= 15 is 0 Å². The number of nitrogens with zero attached hydrogens (tertiary/aromatic N) is 1. The predicted octanol–water partition coefficient (Wildman–Crippen LogP) is 3.04. The zero-order chi connectivity index (χ0) is 14.0. The Labute approximate surface area is 118 Å². The summed E-state index contributed by atoms with van der Waals surface area (Å²) in [6.45, 7) is 0. The van der Waals surface area contributed by atoms with Crippen molar-refractivity contribution < 1.29 is 9.90 Å². The summed E-state index contributed by atoms with van der Waals surface area (Å²) in [7, 11) is 0. The number of rotatable bonds is 3. The van der Waals surface area contributed by atoms with Crippen LogP contribution in [-0.2, 0) is 11.2 Å². The quantitative estimate of drug-likeness (QED) is 0.931. The van der Waals surface area contributed by atoms with Crippen LogP contribution in [0.25, 0.3) is 10.9 Å². The van der Waals surface area contributed by atoms with Crippen molar-refractivity contribution in [1.29, 1.82) is 0 Å². The van der Waals surface area contributed by atoms with Crippen molar-refractivity contribution in [2.24, 2.45) is 0 Å². The van der Waals surface area contributed by atoms with Gasteiger partial charge in [-0.05, 0) is 25.0 Å². The van der Waals surface area contributed by atoms with Crippen LogP contribution in [-0.4, -0.2) is 21.5 Å². The molecule has 0 bridgehead atoms. The molecule has 2 aromatic rings. The molecule has 20 heavy (non-hydrogen) atoms. The lowest BCUT2D eigenvalue weighted by Gasteiger charge is -2.30. The first-order chi connectivity index (χ1) is 9.67. The van der Waals surface area contributed by atoms with E-state index in [4.69, 9.17) is 0 Å². The molecule has 3 nitrogen and oxygen atoms in total. The van der Waals surface area contributed by atoms with Gasteiger partial charge in [-0.2, -0.15) is 0 Å². The molecule has 1 N–H and O–H groups in total. The number of carbonyl (C=O) groups excluding carboxylic acids is 1. The standard InChI is InChI=1S/C17H19NO2/c19-16(17(20)10-4-1-5-11-17)12-14-9-8-13-6-2-3-7-15(13)18-14/h2-3,6-9,20H,1,4-5,10-12H2. The van der Waals surface area contributed by atoms with Crippen molar-refractivity contribution in [2.75, 3.05) is 0 Å². The second kappa shape index (κ2) is 5.33. The minimum atomic E-state index is -1.12. The van der Waals surface area contributed by atoms with Crippen LogP contribution in [0.2, 0.25) is 0 Å². The SMILES string of the molecule is O=C(Cc1ccc2ccccc2n1)C1(O)CCCCC1. The molecule has 3 rings (SSSR count). The smallest absolute Gasteiger partial charge is 0.170 e. The lowest BCUT2D eigenvalue weighted by atomic mass is 9.80. The van der Waals surface area contributed by atoms with Crippen LogP contribution in [0.15, 0.2) is 36.4 Å². The first-order valence-corrected chi connectivity index (χ1v) is 7.28. The summed E-state index contributed by atoms with van der Waals surface area (Å²) >= 11 is 0. The van der Waals surface area contributed by atoms with Gasteiger partial charge >= 0.3 is 0 Å². The average Bonchev–Trinajstić information content (AvgIpc) is 2.48. The van der Waals surface area contributed by atoms with Crippen molar-refractivity contribution in [3.8, 4) is 0 Å². The number of ketones is 1. The van der Waals surface area contributed by atoms with E-state index in [1.807, 2.05) is 36.4 Å². The van der Waals surface area contributed by atoms with Crippen LogP contribution in [0.5, 0.6) is 0 Å². The Morgan fingerprint density at radius 1 is 1.10 bits per heavy atom. The molecule has 1 aliphatic carbocycles. The largest absolute Gasteiger partial charge is 0.382 e. The predicted molar refractivity (Wildman–Crippen MR) is 78.5 cm³/mol. The third kappa shape index (κ3) is 2.59. The highest BCUT2D eigenvalue weighted by molar-refractivity contribution is 5.89. The fourth-order valence-corrected chi connectivity index (χ4v) is 2.95. The van der Waals surface area contributed by atoms with Crippen molar-refractivity contribution >= 4 is 16.7 Å². The molecular weight excluding hydrogens is 250 g/mol. The maximum absolute atomic E-state index is 12.3. The number of fused-ring (bicyclic) bond motifs is 1. The molecule has 1 aromatic carbocycles. The van der Waals surface area contributed by atoms with Gasteiger partial charge in [-0.3, -0.25) is 9.78 Å². The molecule has 1 aliphatic rings. The number of aromatic nitrogens is 1. The zero-order valence-corrected chi connectivity index (χ0v) is 11.5. The molecule has 0 unspecified atom stereocenters. The summed E-state index contributed by atoms with van der Waals surface area (Å²) in [6.07, 6.45) is 4.41. The molecule has 104 valence electrons. The van der Waals surface area contributed by atoms with E-state index in [0.717, 1.165) is 35.9 Å². The summed E-state index contributed by atoms with van der Waals surface area (Å²) in [5.74, 6) is -0.0834. The lowest BCUT2D eigenvalue weighted by molar-refractivity contribution is -0.139. The van der Waals surface area contributed by atoms with E-state index in [9.17, 15) is 9.90 Å². The topological polar surface area (TPSA) is 50.2 Å². The molecule has 1 fully saturated rings. The number of carbonyl (C=O) groups is 1. The van der Waals surface area contributed by atoms with Crippen molar-refractivity contribution in [2.45, 2.75) is 44.1 Å². The Morgan fingerprint density at radius 2 is 1.85 bits per heavy atom. The van der Waals surface area contributed by atoms with E-state index in [1.165, 1.54) is 0 Å². The zero-order valence-electron chi connectivity index (χ0n) is 11.5. The minimum Gasteiger partial charge on any atom is -0.382 e. The number of Topliss-reactive ketones (excluding diaryl/α,β-unsaturated/α-hetero) is 1. The summed E-state index contributed by atoms with van der Waals surface area (Å²) in [5, 5.41) is 11.5. The van der Waals surface area contributed by atoms with Gasteiger partial charge in [0, 0.05) is 11.1 Å². The molecular formula is C17H19NO2. The molecule has 0 radical (unpaired) electrons. The molecule has 0 amide bonds. The highest BCUT2D eigenvalue weighted by Gasteiger charge is 2.36. The van der Waals surface area contributed by atoms with Crippen molar-refractivity contribution in [3.63, 3.8) is 0 Å². The second-order valence-corrected chi connectivity index (χ2v) is 5.69. The van der Waals surface area contributed by atoms with E-state index in [0.29, 0.717) is 12.8 Å². The average molecular weight is 269 g/mol. The number of hydrogen-bond acceptors (Lipinski definition) is 3. The van der Waals surface area contributed by atoms with Crippen LogP contribution in [0, 0.1) is 0 Å². The molecule has 1 heterocycles. The van der Waals surface area contributed by atoms with Gasteiger partial charge in [0.2, 0.25) is 0 Å². The molecule has 1 saturated carbocycles. The Morgan fingerprint density at radius 3 is 2.65 bits per heavy atom. The number of hydrogen-bond donors (Lipinski definition) is 1. The third-order valence-electron chi connectivity index (χ3n) is 4.20. The van der Waals surface area contributed by atoms with Crippen molar-refractivity contribution in [3.05, 3.63) is 42.1 Å². The van der Waals surface area contributed by atoms with Gasteiger partial charge in [0.1, 0.15) is 5.60 Å². The van der Waals surface area contributed by atoms with Gasteiger partial charge < -0.3 is 5.11 Å². The van der Waals surface area contributed by atoms with E-state index in [-0.39, 0.29) is 12.2 Å². The normalized spacial score (nSPS) is 18.1. The van der Waals surface area contributed by atoms with Gasteiger partial charge in [0.15, 0.2) is 5.78 Å². The van der Waals surface area contributed by atoms with Crippen LogP contribution < -0.4 is 0 Å². The summed E-state index contributed by atoms with van der Waals surface area (Å²) in [6, 6.07) is 11.7. The molecule has 3 heteroatoms. The third-order valence-corrected chi connectivity index (χ3v) is 4.20. The van der Waals surface area contributed by atoms with Gasteiger partial charge in [0.05, 0.1) is 11.9 Å². The summed E-state index contributed by atoms with van der Waals surface area (Å²) < 4.78 is 0.